The average Bonchev–Trinajstić information content (AvgIpc) is 2.58. The van der Waals surface area contributed by atoms with Gasteiger partial charge in [0, 0.05) is 7.05 Å². The first-order valence-electron chi connectivity index (χ1n) is 6.10. The smallest absolute Gasteiger partial charge is 0.221 e. The van der Waals surface area contributed by atoms with Crippen LogP contribution in [-0.2, 0) is 7.05 Å². The van der Waals surface area contributed by atoms with Gasteiger partial charge in [-0.2, -0.15) is 5.10 Å². The van der Waals surface area contributed by atoms with Crippen molar-refractivity contribution in [3.8, 4) is 5.88 Å². The van der Waals surface area contributed by atoms with Crippen molar-refractivity contribution in [2.24, 2.45) is 12.2 Å². The highest BCUT2D eigenvalue weighted by atomic mass is 16.5. The molecule has 1 N–H and O–H groups in total. The molecule has 1 aromatic rings. The fourth-order valence-electron chi connectivity index (χ4n) is 2.34. The third-order valence-electron chi connectivity index (χ3n) is 3.23. The SMILES string of the molecule is Cc1nn(C)c(OC2CCCCC2)c1/C=N/O. The summed E-state index contributed by atoms with van der Waals surface area (Å²) in [5, 5.41) is 16.0. The molecule has 0 aromatic carbocycles. The highest BCUT2D eigenvalue weighted by Gasteiger charge is 2.20. The van der Waals surface area contributed by atoms with E-state index >= 15 is 0 Å². The van der Waals surface area contributed by atoms with Crippen LogP contribution < -0.4 is 4.74 Å². The Kier molecular flexibility index (Phi) is 3.66. The Bertz CT molecular complexity index is 406. The Morgan fingerprint density at radius 3 is 2.76 bits per heavy atom. The Labute approximate surface area is 101 Å². The first kappa shape index (κ1) is 12.0. The van der Waals surface area contributed by atoms with E-state index in [4.69, 9.17) is 9.94 Å². The summed E-state index contributed by atoms with van der Waals surface area (Å²) >= 11 is 0. The van der Waals surface area contributed by atoms with Crippen molar-refractivity contribution >= 4 is 6.21 Å². The van der Waals surface area contributed by atoms with E-state index in [1.54, 1.807) is 4.68 Å². The fourth-order valence-corrected chi connectivity index (χ4v) is 2.34. The standard InChI is InChI=1S/C12H19N3O2/c1-9-11(8-13-16)12(15(2)14-9)17-10-6-4-3-5-7-10/h8,10,16H,3-7H2,1-2H3/b13-8+. The molecule has 5 heteroatoms. The maximum Gasteiger partial charge on any atom is 0.221 e. The van der Waals surface area contributed by atoms with Gasteiger partial charge in [-0.1, -0.05) is 11.6 Å². The highest BCUT2D eigenvalue weighted by molar-refractivity contribution is 5.83. The summed E-state index contributed by atoms with van der Waals surface area (Å²) < 4.78 is 7.70. The zero-order valence-electron chi connectivity index (χ0n) is 10.4. The summed E-state index contributed by atoms with van der Waals surface area (Å²) in [5.74, 6) is 0.701. The van der Waals surface area contributed by atoms with Gasteiger partial charge in [0.15, 0.2) is 0 Å². The molecular weight excluding hydrogens is 218 g/mol. The second kappa shape index (κ2) is 5.21. The average molecular weight is 237 g/mol. The molecule has 0 spiro atoms. The first-order chi connectivity index (χ1) is 8.22. The van der Waals surface area contributed by atoms with Crippen molar-refractivity contribution in [1.82, 2.24) is 9.78 Å². The number of nitrogens with zero attached hydrogens (tertiary/aromatic N) is 3. The van der Waals surface area contributed by atoms with Crippen molar-refractivity contribution in [3.05, 3.63) is 11.3 Å². The zero-order valence-corrected chi connectivity index (χ0v) is 10.4. The minimum atomic E-state index is 0.268. The molecule has 0 saturated heterocycles. The monoisotopic (exact) mass is 237 g/mol. The van der Waals surface area contributed by atoms with Crippen LogP contribution >= 0.6 is 0 Å². The van der Waals surface area contributed by atoms with Crippen molar-refractivity contribution < 1.29 is 9.94 Å². The number of aromatic nitrogens is 2. The molecule has 2 rings (SSSR count). The van der Waals surface area contributed by atoms with Crippen LogP contribution in [0.25, 0.3) is 0 Å². The molecule has 0 aliphatic heterocycles. The fraction of sp³-hybridized carbons (Fsp3) is 0.667. The van der Waals surface area contributed by atoms with E-state index in [1.165, 1.54) is 25.5 Å². The van der Waals surface area contributed by atoms with Gasteiger partial charge in [-0.25, -0.2) is 4.68 Å². The molecule has 94 valence electrons. The topological polar surface area (TPSA) is 59.6 Å². The van der Waals surface area contributed by atoms with Crippen molar-refractivity contribution in [3.63, 3.8) is 0 Å². The third kappa shape index (κ3) is 2.60. The molecule has 1 saturated carbocycles. The minimum Gasteiger partial charge on any atom is -0.474 e. The number of ether oxygens (including phenoxy) is 1. The predicted octanol–water partition coefficient (Wildman–Crippen LogP) is 2.25. The van der Waals surface area contributed by atoms with Gasteiger partial charge in [0.2, 0.25) is 5.88 Å². The van der Waals surface area contributed by atoms with E-state index < -0.39 is 0 Å². The molecule has 0 unspecified atom stereocenters. The van der Waals surface area contributed by atoms with Gasteiger partial charge < -0.3 is 9.94 Å². The number of rotatable bonds is 3. The van der Waals surface area contributed by atoms with Crippen molar-refractivity contribution in [2.45, 2.75) is 45.1 Å². The van der Waals surface area contributed by atoms with Crippen LogP contribution in [0.5, 0.6) is 5.88 Å². The molecule has 1 heterocycles. The summed E-state index contributed by atoms with van der Waals surface area (Å²) in [6, 6.07) is 0. The maximum atomic E-state index is 8.66. The molecule has 1 aromatic heterocycles. The van der Waals surface area contributed by atoms with Gasteiger partial charge in [-0.05, 0) is 32.6 Å². The van der Waals surface area contributed by atoms with Gasteiger partial charge >= 0.3 is 0 Å². The summed E-state index contributed by atoms with van der Waals surface area (Å²) in [4.78, 5) is 0. The molecule has 0 atom stereocenters. The summed E-state index contributed by atoms with van der Waals surface area (Å²) in [7, 11) is 1.85. The van der Waals surface area contributed by atoms with Crippen LogP contribution in [0.15, 0.2) is 5.16 Å². The van der Waals surface area contributed by atoms with Crippen LogP contribution in [0, 0.1) is 6.92 Å². The molecule has 0 bridgehead atoms. The van der Waals surface area contributed by atoms with Crippen molar-refractivity contribution in [1.29, 1.82) is 0 Å². The molecule has 1 aliphatic carbocycles. The zero-order chi connectivity index (χ0) is 12.3. The van der Waals surface area contributed by atoms with Gasteiger partial charge in [-0.15, -0.1) is 0 Å². The van der Waals surface area contributed by atoms with Crippen molar-refractivity contribution in [2.75, 3.05) is 0 Å². The first-order valence-corrected chi connectivity index (χ1v) is 6.10. The predicted molar refractivity (Wildman–Crippen MR) is 64.8 cm³/mol. The lowest BCUT2D eigenvalue weighted by Crippen LogP contribution is -2.21. The van der Waals surface area contributed by atoms with Crippen LogP contribution in [0.4, 0.5) is 0 Å². The second-order valence-corrected chi connectivity index (χ2v) is 4.55. The lowest BCUT2D eigenvalue weighted by Gasteiger charge is -2.23. The Morgan fingerprint density at radius 2 is 2.12 bits per heavy atom. The number of aryl methyl sites for hydroxylation is 2. The van der Waals surface area contributed by atoms with E-state index in [0.29, 0.717) is 5.88 Å². The summed E-state index contributed by atoms with van der Waals surface area (Å²) in [6.07, 6.45) is 7.61. The third-order valence-corrected chi connectivity index (χ3v) is 3.23. The van der Waals surface area contributed by atoms with Crippen LogP contribution in [0.3, 0.4) is 0 Å². The summed E-state index contributed by atoms with van der Waals surface area (Å²) in [5.41, 5.74) is 1.58. The van der Waals surface area contributed by atoms with Crippen LogP contribution in [-0.4, -0.2) is 27.3 Å². The van der Waals surface area contributed by atoms with E-state index in [9.17, 15) is 0 Å². The normalized spacial score (nSPS) is 17.8. The van der Waals surface area contributed by atoms with Gasteiger partial charge in [0.25, 0.3) is 0 Å². The van der Waals surface area contributed by atoms with Crippen LogP contribution in [0.2, 0.25) is 0 Å². The lowest BCUT2D eigenvalue weighted by atomic mass is 9.98. The second-order valence-electron chi connectivity index (χ2n) is 4.55. The Balaban J connectivity index is 2.18. The minimum absolute atomic E-state index is 0.268. The van der Waals surface area contributed by atoms with Crippen LogP contribution in [0.1, 0.15) is 43.4 Å². The summed E-state index contributed by atoms with van der Waals surface area (Å²) in [6.45, 7) is 1.88. The molecule has 0 radical (unpaired) electrons. The van der Waals surface area contributed by atoms with Gasteiger partial charge in [-0.3, -0.25) is 0 Å². The largest absolute Gasteiger partial charge is 0.474 e. The quantitative estimate of drug-likeness (QED) is 0.498. The van der Waals surface area contributed by atoms with E-state index in [0.717, 1.165) is 24.1 Å². The number of hydrogen-bond acceptors (Lipinski definition) is 4. The maximum absolute atomic E-state index is 8.66. The molecule has 1 fully saturated rings. The Hall–Kier alpha value is -1.52. The molecular formula is C12H19N3O2. The van der Waals surface area contributed by atoms with E-state index in [2.05, 4.69) is 10.3 Å². The van der Waals surface area contributed by atoms with Gasteiger partial charge in [0.05, 0.1) is 17.5 Å². The van der Waals surface area contributed by atoms with E-state index in [-0.39, 0.29) is 6.10 Å². The molecule has 1 aliphatic rings. The molecule has 0 amide bonds. The number of oxime groups is 1. The number of hydrogen-bond donors (Lipinski definition) is 1. The molecule has 17 heavy (non-hydrogen) atoms. The van der Waals surface area contributed by atoms with E-state index in [1.807, 2.05) is 14.0 Å². The van der Waals surface area contributed by atoms with Gasteiger partial charge in [0.1, 0.15) is 6.10 Å². The molecule has 5 nitrogen and oxygen atoms in total. The highest BCUT2D eigenvalue weighted by Crippen LogP contribution is 2.26. The lowest BCUT2D eigenvalue weighted by molar-refractivity contribution is 0.142. The Morgan fingerprint density at radius 1 is 1.41 bits per heavy atom.